The second-order valence-corrected chi connectivity index (χ2v) is 20.4. The summed E-state index contributed by atoms with van der Waals surface area (Å²) in [7, 11) is 3.25. The van der Waals surface area contributed by atoms with Gasteiger partial charge in [-0.25, -0.2) is 14.7 Å². The summed E-state index contributed by atoms with van der Waals surface area (Å²) in [5.41, 5.74) is 0. The van der Waals surface area contributed by atoms with Crippen LogP contribution in [-0.2, 0) is 104 Å². The van der Waals surface area contributed by atoms with Crippen molar-refractivity contribution in [3.05, 3.63) is 0 Å². The third-order valence-electron chi connectivity index (χ3n) is 11.1. The predicted octanol–water partition coefficient (Wildman–Crippen LogP) is 2.86. The zero-order valence-electron chi connectivity index (χ0n) is 43.5. The van der Waals surface area contributed by atoms with Gasteiger partial charge in [-0.3, -0.25) is 4.79 Å². The Balaban J connectivity index is 2.01. The second-order valence-electron chi connectivity index (χ2n) is 16.4. The lowest BCUT2D eigenvalue weighted by molar-refractivity contribution is -0.335. The number of hydrogen-bond acceptors (Lipinski definition) is 29. The maximum Gasteiger partial charge on any atom is 0.217 e. The maximum absolute atomic E-state index is 12.1. The molecule has 458 valence electrons. The Morgan fingerprint density at radius 3 is 1.17 bits per heavy atom. The number of halogens is 3. The molecule has 1 amide bonds. The molecule has 2 aliphatic rings. The van der Waals surface area contributed by atoms with Crippen LogP contribution in [0.2, 0.25) is 0 Å². The number of ether oxygens (including phenoxy) is 15. The fraction of sp³-hybridized carbons (Fsp3) is 0.977. The number of amides is 1. The van der Waals surface area contributed by atoms with Crippen molar-refractivity contribution in [1.82, 2.24) is 5.32 Å². The summed E-state index contributed by atoms with van der Waals surface area (Å²) in [5, 5.41) is 46.9. The van der Waals surface area contributed by atoms with Gasteiger partial charge in [0.15, 0.2) is 12.6 Å². The Morgan fingerprint density at radius 1 is 0.455 bits per heavy atom. The van der Waals surface area contributed by atoms with E-state index in [9.17, 15) is 25.2 Å². The molecule has 2 saturated heterocycles. The molecule has 2 heterocycles. The molecule has 2 rings (SSSR count). The van der Waals surface area contributed by atoms with Gasteiger partial charge in [0, 0.05) is 90.4 Å². The molecule has 0 radical (unpaired) electrons. The third kappa shape index (κ3) is 39.1. The molecule has 0 saturated carbocycles. The summed E-state index contributed by atoms with van der Waals surface area (Å²) >= 11 is 5.86. The number of nitrogens with one attached hydrogen (secondary N) is 1. The highest BCUT2D eigenvalue weighted by Crippen LogP contribution is 2.39. The van der Waals surface area contributed by atoms with Crippen molar-refractivity contribution in [2.45, 2.75) is 81.7 Å². The van der Waals surface area contributed by atoms with E-state index in [-0.39, 0.29) is 19.1 Å². The third-order valence-corrected chi connectivity index (χ3v) is 12.8. The van der Waals surface area contributed by atoms with Crippen LogP contribution in [0.4, 0.5) is 0 Å². The molecule has 0 spiro atoms. The highest BCUT2D eigenvalue weighted by atomic mass is 127. The van der Waals surface area contributed by atoms with Crippen LogP contribution in [0.3, 0.4) is 0 Å². The Morgan fingerprint density at radius 2 is 0.805 bits per heavy atom. The van der Waals surface area contributed by atoms with E-state index in [0.29, 0.717) is 191 Å². The first-order valence-corrected chi connectivity index (χ1v) is 35.2. The van der Waals surface area contributed by atoms with E-state index in [1.807, 2.05) is 63.6 Å². The Kier molecular flexibility index (Phi) is 52.8. The fourth-order valence-corrected chi connectivity index (χ4v) is 8.85. The minimum absolute atomic E-state index is 0.251. The van der Waals surface area contributed by atoms with Crippen LogP contribution in [0.15, 0.2) is 0 Å². The van der Waals surface area contributed by atoms with Crippen molar-refractivity contribution >= 4 is 97.2 Å². The van der Waals surface area contributed by atoms with Gasteiger partial charge in [0.1, 0.15) is 77.9 Å². The number of aliphatic hydroxyl groups is 4. The standard InChI is InChI=1S/C44H82I3NO26S3/c1-34(50)48-39-41(52)42(38(33-49)69-43(39)53)71-44-40(51)36(5-8-56-11-14-59-17-20-62-23-26-65-29-32-68-74-77-47)35(4-7-55-10-13-58-16-19-61-22-25-64-28-31-67-73-76-46)37(70-44)3-2-6-54-9-12-57-15-18-60-21-24-63-27-30-66-72-75-45/h35-44,49,51-53H,2-33H2,1H3,(H,48,50). The van der Waals surface area contributed by atoms with Crippen molar-refractivity contribution in [3.63, 3.8) is 0 Å². The maximum atomic E-state index is 12.1. The largest absolute Gasteiger partial charge is 0.394 e. The first-order chi connectivity index (χ1) is 37.8. The van der Waals surface area contributed by atoms with Crippen LogP contribution in [0.5, 0.6) is 0 Å². The minimum atomic E-state index is -1.64. The smallest absolute Gasteiger partial charge is 0.217 e. The quantitative estimate of drug-likeness (QED) is 0.0192. The summed E-state index contributed by atoms with van der Waals surface area (Å²) in [4.78, 5) is 26.6. The van der Waals surface area contributed by atoms with E-state index in [1.54, 1.807) is 0 Å². The molecule has 5 N–H and O–H groups in total. The van der Waals surface area contributed by atoms with E-state index in [4.69, 9.17) is 98.7 Å². The fourth-order valence-electron chi connectivity index (χ4n) is 7.61. The van der Waals surface area contributed by atoms with Crippen LogP contribution < -0.4 is 5.32 Å². The first-order valence-electron chi connectivity index (χ1n) is 25.3. The topological polar surface area (TPSA) is 304 Å². The number of carbonyl (C=O) groups excluding carboxylic acids is 1. The molecule has 0 aromatic carbocycles. The van der Waals surface area contributed by atoms with Gasteiger partial charge in [-0.15, -0.1) is 0 Å². The van der Waals surface area contributed by atoms with Crippen molar-refractivity contribution in [2.24, 2.45) is 11.8 Å². The molecule has 0 aromatic rings. The van der Waals surface area contributed by atoms with Crippen LogP contribution in [-0.4, -0.2) is 260 Å². The molecule has 0 aliphatic carbocycles. The molecule has 27 nitrogen and oxygen atoms in total. The van der Waals surface area contributed by atoms with Crippen LogP contribution in [0.25, 0.3) is 0 Å². The lowest BCUT2D eigenvalue weighted by atomic mass is 9.76. The predicted molar refractivity (Wildman–Crippen MR) is 302 cm³/mol. The normalized spacial score (nSPS) is 23.7. The molecule has 10 atom stereocenters. The summed E-state index contributed by atoms with van der Waals surface area (Å²) in [5.74, 6) is -1.28. The van der Waals surface area contributed by atoms with Gasteiger partial charge in [0.2, 0.25) is 5.91 Å². The second kappa shape index (κ2) is 54.4. The molecule has 2 fully saturated rings. The molecular weight excluding hydrogens is 1440 g/mol. The Labute approximate surface area is 501 Å². The minimum Gasteiger partial charge on any atom is -0.394 e. The van der Waals surface area contributed by atoms with Crippen molar-refractivity contribution in [2.75, 3.05) is 185 Å². The van der Waals surface area contributed by atoms with Crippen LogP contribution >= 0.6 is 91.3 Å². The molecule has 0 bridgehead atoms. The lowest BCUT2D eigenvalue weighted by Gasteiger charge is -2.48. The Hall–Kier alpha value is 1.71. The zero-order valence-corrected chi connectivity index (χ0v) is 52.5. The van der Waals surface area contributed by atoms with E-state index >= 15 is 0 Å². The summed E-state index contributed by atoms with van der Waals surface area (Å²) in [6.45, 7) is 10.3. The number of carbonyl (C=O) groups is 1. The number of rotatable bonds is 56. The van der Waals surface area contributed by atoms with Crippen molar-refractivity contribution in [3.8, 4) is 0 Å². The average Bonchev–Trinajstić information content (AvgIpc) is 3.43. The van der Waals surface area contributed by atoms with Gasteiger partial charge in [-0.05, 0) is 37.5 Å². The van der Waals surface area contributed by atoms with Gasteiger partial charge in [-0.2, -0.15) is 13.0 Å². The average molecular weight is 1520 g/mol. The SMILES string of the molecule is CC(=O)NC1C(O)OC(CO)C(OC2OC(CCCOCCOCCOCCOCCOOSI)C(CCOCCOCCOCCOCCOOSI)C(CCOCCOCCOCCOCCOOSI)C2O)C1O. The van der Waals surface area contributed by atoms with E-state index < -0.39 is 67.6 Å². The lowest BCUT2D eigenvalue weighted by Crippen LogP contribution is -2.66. The summed E-state index contributed by atoms with van der Waals surface area (Å²) in [6.07, 6.45) is -6.90. The zero-order chi connectivity index (χ0) is 55.7. The monoisotopic (exact) mass is 1520 g/mol. The highest BCUT2D eigenvalue weighted by molar-refractivity contribution is 14.2. The molecule has 33 heteroatoms. The van der Waals surface area contributed by atoms with Gasteiger partial charge in [-0.1, -0.05) is 0 Å². The van der Waals surface area contributed by atoms with Crippen molar-refractivity contribution < 1.29 is 124 Å². The van der Waals surface area contributed by atoms with Gasteiger partial charge in [0.05, 0.1) is 151 Å². The molecule has 2 aliphatic heterocycles. The summed E-state index contributed by atoms with van der Waals surface area (Å²) in [6, 6.07) is -1.29. The number of hydrogen-bond donors (Lipinski definition) is 5. The summed E-state index contributed by atoms with van der Waals surface area (Å²) < 4.78 is 100. The van der Waals surface area contributed by atoms with Crippen LogP contribution in [0.1, 0.15) is 32.6 Å². The van der Waals surface area contributed by atoms with Gasteiger partial charge < -0.3 is 96.8 Å². The molecule has 77 heavy (non-hydrogen) atoms. The van der Waals surface area contributed by atoms with E-state index in [1.165, 1.54) is 6.92 Å². The van der Waals surface area contributed by atoms with Crippen LogP contribution in [0, 0.1) is 11.8 Å². The van der Waals surface area contributed by atoms with Gasteiger partial charge in [0.25, 0.3) is 0 Å². The number of aliphatic hydroxyl groups excluding tert-OH is 4. The van der Waals surface area contributed by atoms with E-state index in [0.717, 1.165) is 27.6 Å². The molecular formula is C44H82I3NO26S3. The Bertz CT molecular complexity index is 1320. The van der Waals surface area contributed by atoms with Crippen molar-refractivity contribution in [1.29, 1.82) is 0 Å². The molecule has 0 aromatic heterocycles. The van der Waals surface area contributed by atoms with E-state index in [2.05, 4.69) is 5.32 Å². The highest BCUT2D eigenvalue weighted by Gasteiger charge is 2.51. The first kappa shape index (κ1) is 74.8. The van der Waals surface area contributed by atoms with Gasteiger partial charge >= 0.3 is 0 Å². The molecule has 10 unspecified atom stereocenters.